The lowest BCUT2D eigenvalue weighted by Crippen LogP contribution is -2.51. The second-order valence-corrected chi connectivity index (χ2v) is 51.3. The van der Waals surface area contributed by atoms with E-state index in [4.69, 9.17) is 9.47 Å². The monoisotopic (exact) mass is 1850 g/mol. The Labute approximate surface area is 807 Å². The van der Waals surface area contributed by atoms with Crippen molar-refractivity contribution in [1.29, 1.82) is 0 Å². The van der Waals surface area contributed by atoms with E-state index >= 15 is 0 Å². The quantitative estimate of drug-likeness (QED) is 0.302. The van der Waals surface area contributed by atoms with Crippen LogP contribution >= 0.6 is 0 Å². The Hall–Kier alpha value is -7.11. The number of anilines is 1. The number of likely N-dealkylation sites (tertiary alicyclic amines) is 4. The molecule has 9 amide bonds. The molecule has 10 aliphatic heterocycles. The number of nitrogens with one attached hydrogen (secondary N) is 1. The fourth-order valence-electron chi connectivity index (χ4n) is 20.4. The van der Waals surface area contributed by atoms with E-state index in [0.717, 1.165) is 174 Å². The van der Waals surface area contributed by atoms with Crippen LogP contribution < -0.4 is 10.2 Å². The third-order valence-electron chi connectivity index (χ3n) is 27.5. The molecule has 754 valence electrons. The van der Waals surface area contributed by atoms with Gasteiger partial charge in [0, 0.05) is 197 Å². The largest absolute Gasteiger partial charge is 0.386 e. The van der Waals surface area contributed by atoms with Crippen molar-refractivity contribution in [3.8, 4) is 0 Å². The Morgan fingerprint density at radius 1 is 0.406 bits per heavy atom. The van der Waals surface area contributed by atoms with Crippen LogP contribution in [0.1, 0.15) is 316 Å². The summed E-state index contributed by atoms with van der Waals surface area (Å²) in [5.41, 5.74) is 3.28. The van der Waals surface area contributed by atoms with Crippen LogP contribution in [-0.2, 0) is 65.7 Å². The number of carbonyl (C=O) groups excluding carboxylic acids is 9. The number of rotatable bonds is 3. The van der Waals surface area contributed by atoms with E-state index in [1.807, 2.05) is 235 Å². The van der Waals surface area contributed by atoms with Gasteiger partial charge in [-0.2, -0.15) is 0 Å². The third kappa shape index (κ3) is 35.4. The van der Waals surface area contributed by atoms with Gasteiger partial charge in [-0.3, -0.25) is 48.1 Å². The number of fused-ring (bicyclic) bond motifs is 6. The molecule has 0 spiro atoms. The fourth-order valence-corrected chi connectivity index (χ4v) is 20.4. The molecule has 23 heteroatoms. The average molecular weight is 1850 g/mol. The van der Waals surface area contributed by atoms with Gasteiger partial charge in [0.15, 0.2) is 0 Å². The summed E-state index contributed by atoms with van der Waals surface area (Å²) in [7, 11) is 0. The molecular formula is C110H188N12O11. The van der Waals surface area contributed by atoms with Crippen LogP contribution in [-0.4, -0.2) is 265 Å². The molecule has 0 unspecified atom stereocenters. The molecule has 2 aromatic carbocycles. The molecule has 23 nitrogen and oxygen atoms in total. The Morgan fingerprint density at radius 3 is 1.30 bits per heavy atom. The lowest BCUT2D eigenvalue weighted by Gasteiger charge is -2.43. The molecule has 12 fully saturated rings. The van der Waals surface area contributed by atoms with Gasteiger partial charge in [-0.15, -0.1) is 0 Å². The number of para-hydroxylation sites is 1. The Balaban J connectivity index is 0.000000205. The van der Waals surface area contributed by atoms with Gasteiger partial charge < -0.3 is 63.8 Å². The number of morpholine rings is 1. The van der Waals surface area contributed by atoms with Crippen molar-refractivity contribution in [2.45, 2.75) is 336 Å². The first-order valence-electron chi connectivity index (χ1n) is 51.1. The van der Waals surface area contributed by atoms with Crippen LogP contribution in [0.25, 0.3) is 0 Å². The van der Waals surface area contributed by atoms with E-state index in [9.17, 15) is 43.2 Å². The van der Waals surface area contributed by atoms with Crippen LogP contribution in [0.3, 0.4) is 0 Å². The summed E-state index contributed by atoms with van der Waals surface area (Å²) in [4.78, 5) is 131. The molecule has 7 atom stereocenters. The van der Waals surface area contributed by atoms with E-state index in [-0.39, 0.29) is 78.3 Å². The molecule has 10 heterocycles. The summed E-state index contributed by atoms with van der Waals surface area (Å²) in [5, 5.41) is 3.13. The Bertz CT molecular complexity index is 4090. The number of benzene rings is 2. The predicted molar refractivity (Wildman–Crippen MR) is 540 cm³/mol. The molecule has 9 saturated heterocycles. The topological polar surface area (TPSA) is 220 Å². The zero-order valence-corrected chi connectivity index (χ0v) is 89.7. The first kappa shape index (κ1) is 113. The second-order valence-electron chi connectivity index (χ2n) is 51.3. The van der Waals surface area contributed by atoms with Crippen LogP contribution in [0.15, 0.2) is 66.9 Å². The third-order valence-corrected chi connectivity index (χ3v) is 27.5. The smallest absolute Gasteiger partial charge is 0.229 e. The van der Waals surface area contributed by atoms with Crippen LogP contribution in [0.4, 0.5) is 5.69 Å². The highest BCUT2D eigenvalue weighted by Crippen LogP contribution is 2.53. The predicted octanol–water partition coefficient (Wildman–Crippen LogP) is 18.6. The average Bonchev–Trinajstić information content (AvgIpc) is 1.60. The van der Waals surface area contributed by atoms with Crippen LogP contribution in [0, 0.1) is 83.2 Å². The number of piperidine rings is 2. The minimum atomic E-state index is -0.280. The lowest BCUT2D eigenvalue weighted by atomic mass is 9.65. The molecule has 1 N–H and O–H groups in total. The molecule has 2 aromatic rings. The van der Waals surface area contributed by atoms with Crippen molar-refractivity contribution in [2.24, 2.45) is 83.2 Å². The van der Waals surface area contributed by atoms with Gasteiger partial charge in [-0.05, 0) is 128 Å². The van der Waals surface area contributed by atoms with E-state index in [1.165, 1.54) is 100 Å². The first-order chi connectivity index (χ1) is 61.3. The maximum Gasteiger partial charge on any atom is 0.229 e. The number of nitrogens with zero attached hydrogens (tertiary/aromatic N) is 11. The summed E-state index contributed by atoms with van der Waals surface area (Å²) in [6.45, 7) is 87.8. The molecule has 0 radical (unpaired) electrons. The highest BCUT2D eigenvalue weighted by Gasteiger charge is 2.53. The van der Waals surface area contributed by atoms with Gasteiger partial charge in [-0.25, -0.2) is 0 Å². The van der Waals surface area contributed by atoms with Gasteiger partial charge in [0.1, 0.15) is 6.73 Å². The number of amides is 9. The van der Waals surface area contributed by atoms with Gasteiger partial charge in [0.05, 0.1) is 31.9 Å². The van der Waals surface area contributed by atoms with Crippen molar-refractivity contribution in [3.05, 3.63) is 78.0 Å². The number of hydrogen-bond donors (Lipinski definition) is 1. The van der Waals surface area contributed by atoms with Crippen LogP contribution in [0.2, 0.25) is 0 Å². The van der Waals surface area contributed by atoms with Crippen molar-refractivity contribution in [3.63, 3.8) is 0 Å². The first-order valence-corrected chi connectivity index (χ1v) is 51.1. The minimum absolute atomic E-state index is 0.183. The summed E-state index contributed by atoms with van der Waals surface area (Å²) < 4.78 is 10.7. The van der Waals surface area contributed by atoms with E-state index in [2.05, 4.69) is 95.6 Å². The van der Waals surface area contributed by atoms with Crippen molar-refractivity contribution >= 4 is 58.9 Å². The molecule has 133 heavy (non-hydrogen) atoms. The van der Waals surface area contributed by atoms with E-state index < -0.39 is 0 Å². The van der Waals surface area contributed by atoms with Crippen LogP contribution in [0.5, 0.6) is 0 Å². The minimum Gasteiger partial charge on any atom is -0.386 e. The summed E-state index contributed by atoms with van der Waals surface area (Å²) >= 11 is 0. The molecule has 4 bridgehead atoms. The number of ether oxygens (including phenoxy) is 2. The zero-order chi connectivity index (χ0) is 99.8. The summed E-state index contributed by atoms with van der Waals surface area (Å²) in [6.07, 6.45) is 18.0. The maximum absolute atomic E-state index is 12.5. The highest BCUT2D eigenvalue weighted by molar-refractivity contribution is 5.86. The normalized spacial score (nSPS) is 24.3. The van der Waals surface area contributed by atoms with E-state index in [0.29, 0.717) is 71.8 Å². The number of carbonyl (C=O) groups is 9. The van der Waals surface area contributed by atoms with Gasteiger partial charge in [-0.1, -0.05) is 283 Å². The highest BCUT2D eigenvalue weighted by atomic mass is 16.5. The van der Waals surface area contributed by atoms with Gasteiger partial charge in [0.25, 0.3) is 0 Å². The fraction of sp³-hybridized carbons (Fsp3) is 0.791. The van der Waals surface area contributed by atoms with Gasteiger partial charge in [0.2, 0.25) is 53.2 Å². The van der Waals surface area contributed by atoms with Crippen molar-refractivity contribution in [2.75, 3.05) is 149 Å². The van der Waals surface area contributed by atoms with Crippen molar-refractivity contribution < 1.29 is 52.6 Å². The molecule has 13 aliphatic rings. The van der Waals surface area contributed by atoms with Gasteiger partial charge >= 0.3 is 0 Å². The second kappa shape index (κ2) is 47.0. The summed E-state index contributed by atoms with van der Waals surface area (Å²) in [5.74, 6) is 5.80. The lowest BCUT2D eigenvalue weighted by molar-refractivity contribution is -0.149. The Kier molecular flexibility index (Phi) is 39.9. The SMILES string of the molecule is C=C1CN(C(=O)C(C)(C)C)CCN1.CC(C)(C)C(=O)N1CCCOC1.CC(C)(C)C(=O)N1CCN(CC2CC2)CC1.CC(C)(C)C(=O)N1CCN(c2ccccc2)CC1.CC(C)(C)C(=O)N1CC[C@@H]2CCCC[C@H]2C1.CC(C)(C)C(=O)N1C[C@@H]2C[C@H]1CO2.CC(C)(C)C(=O)N1Cc2ccccc2C1.CC1(C)C[C@@H]2C[C@@](C)(CN2C(=O)C(C)(C)C)C1.C[C@H]1CCCN(C(=O)C(C)(C)C)C1. The van der Waals surface area contributed by atoms with Crippen molar-refractivity contribution in [1.82, 2.24) is 54.3 Å². The molecule has 3 aliphatic carbocycles. The number of hydrogen-bond acceptors (Lipinski definition) is 14. The summed E-state index contributed by atoms with van der Waals surface area (Å²) in [6, 6.07) is 19.5. The maximum atomic E-state index is 12.5. The Morgan fingerprint density at radius 2 is 0.850 bits per heavy atom. The molecular weight excluding hydrogens is 1670 g/mol. The standard InChI is InChI=1S/C15H22N2O.C15H27NO.C14H25NO.C13H24N2O.C13H17NO.C11H21NO.C10H18N2O.C10H17NO2.C9H17NO2/c1-15(2,3)14(18)17-11-9-16(10-12-17)13-7-5-4-6-8-13;1-13(2,3)12(17)16-10-15(6)8-11(16)7-14(4,5)9-15;1-14(2,3)13(16)15-9-8-11-6-4-5-7-12(11)10-15;1-13(2,3)12(16)15-8-6-14(7-9-15)10-11-4-5-11;1-13(2,3)12(15)14-8-10-6-4-5-7-11(10)9-14;1-9-6-5-7-12(8-9)10(13)11(2,3)4;1-8-7-12(6-5-11-8)9(13)10(2,3)4;1-10(2,3)9(12)11-5-8-4-7(11)6-13-8;1-9(2,3)8(11)10-5-4-6-12-7-10/h4-8H,9-12H2,1-3H3;11H,7-10H2,1-6H3;11-12H,4-10H2,1-3H3;11H,4-10H2,1-3H3;4-7H,8-9H2,1-3H3;9H,5-8H2,1-4H3;11H,1,5-7H2,2-4H3;7-8H,4-6H2,1-3H3;4-7H2,1-3H3/t;11-,15-;11-,12-;;;9-;;7-,8-;/m.10..0.0./s1. The molecule has 15 rings (SSSR count). The number of piperazine rings is 3. The molecule has 0 aromatic heterocycles. The van der Waals surface area contributed by atoms with E-state index in [1.54, 1.807) is 4.90 Å². The molecule has 3 saturated carbocycles. The zero-order valence-electron chi connectivity index (χ0n) is 89.7.